The van der Waals surface area contributed by atoms with E-state index < -0.39 is 17.7 Å². The molecule has 0 aliphatic carbocycles. The van der Waals surface area contributed by atoms with Gasteiger partial charge in [-0.05, 0) is 29.1 Å². The van der Waals surface area contributed by atoms with Gasteiger partial charge >= 0.3 is 0 Å². The van der Waals surface area contributed by atoms with Crippen LogP contribution < -0.4 is 9.64 Å². The molecular weight excluding hydrogens is 376 g/mol. The molecule has 6 nitrogen and oxygen atoms in total. The Morgan fingerprint density at radius 3 is 2.54 bits per heavy atom. The predicted octanol–water partition coefficient (Wildman–Crippen LogP) is 1.87. The fourth-order valence-electron chi connectivity index (χ4n) is 3.39. The fourth-order valence-corrected chi connectivity index (χ4v) is 4.07. The first kappa shape index (κ1) is 20.1. The van der Waals surface area contributed by atoms with E-state index in [1.54, 1.807) is 36.3 Å². The van der Waals surface area contributed by atoms with E-state index in [-0.39, 0.29) is 11.4 Å². The van der Waals surface area contributed by atoms with Crippen molar-refractivity contribution in [3.05, 3.63) is 63.6 Å². The van der Waals surface area contributed by atoms with E-state index >= 15 is 0 Å². The number of quaternary nitrogens is 1. The quantitative estimate of drug-likeness (QED) is 0.663. The van der Waals surface area contributed by atoms with Gasteiger partial charge in [-0.1, -0.05) is 18.2 Å². The molecule has 1 atom stereocenters. The van der Waals surface area contributed by atoms with Gasteiger partial charge in [-0.15, -0.1) is 11.3 Å². The monoisotopic (exact) mass is 401 g/mol. The lowest BCUT2D eigenvalue weighted by molar-refractivity contribution is -0.858. The minimum atomic E-state index is -0.606. The summed E-state index contributed by atoms with van der Waals surface area (Å²) in [6, 6.07) is 10.1. The van der Waals surface area contributed by atoms with Crippen molar-refractivity contribution in [2.24, 2.45) is 0 Å². The summed E-state index contributed by atoms with van der Waals surface area (Å²) >= 11 is 1.30. The van der Waals surface area contributed by atoms with Gasteiger partial charge in [-0.3, -0.25) is 9.59 Å². The minimum absolute atomic E-state index is 0.148. The SMILES string of the molecule is COc1ccc(C2C(C(=O)c3cccs3)=C(O)C(=O)N2CCC[NH+](C)C)cc1. The normalized spacial score (nSPS) is 16.9. The molecule has 0 radical (unpaired) electrons. The lowest BCUT2D eigenvalue weighted by Crippen LogP contribution is -3.05. The Bertz CT molecular complexity index is 872. The number of ketones is 1. The van der Waals surface area contributed by atoms with Crippen LogP contribution in [0.15, 0.2) is 53.1 Å². The van der Waals surface area contributed by atoms with Crippen LogP contribution in [0.25, 0.3) is 0 Å². The second-order valence-electron chi connectivity index (χ2n) is 7.05. The average molecular weight is 402 g/mol. The standard InChI is InChI=1S/C21H24N2O4S/c1-22(2)11-5-12-23-18(14-7-9-15(27-3)10-8-14)17(20(25)21(23)26)19(24)16-6-4-13-28-16/h4,6-10,13,18,25H,5,11-12H2,1-3H3/p+1. The third-order valence-electron chi connectivity index (χ3n) is 4.80. The zero-order valence-electron chi connectivity index (χ0n) is 16.3. The first-order valence-corrected chi connectivity index (χ1v) is 10.1. The van der Waals surface area contributed by atoms with Crippen molar-refractivity contribution in [1.29, 1.82) is 0 Å². The Morgan fingerprint density at radius 2 is 1.96 bits per heavy atom. The van der Waals surface area contributed by atoms with Gasteiger partial charge < -0.3 is 19.6 Å². The summed E-state index contributed by atoms with van der Waals surface area (Å²) in [6.07, 6.45) is 0.772. The summed E-state index contributed by atoms with van der Waals surface area (Å²) in [4.78, 5) is 29.3. The highest BCUT2D eigenvalue weighted by atomic mass is 32.1. The highest BCUT2D eigenvalue weighted by Gasteiger charge is 2.43. The van der Waals surface area contributed by atoms with Crippen molar-refractivity contribution in [3.8, 4) is 5.75 Å². The average Bonchev–Trinajstić information content (AvgIpc) is 3.30. The van der Waals surface area contributed by atoms with Crippen molar-refractivity contribution in [3.63, 3.8) is 0 Å². The van der Waals surface area contributed by atoms with Crippen LogP contribution in [0.2, 0.25) is 0 Å². The summed E-state index contributed by atoms with van der Waals surface area (Å²) in [5.41, 5.74) is 0.921. The number of methoxy groups -OCH3 is 1. The molecule has 28 heavy (non-hydrogen) atoms. The van der Waals surface area contributed by atoms with Crippen LogP contribution in [0.4, 0.5) is 0 Å². The first-order valence-electron chi connectivity index (χ1n) is 9.19. The van der Waals surface area contributed by atoms with Crippen LogP contribution in [-0.2, 0) is 4.79 Å². The summed E-state index contributed by atoms with van der Waals surface area (Å²) in [7, 11) is 5.68. The van der Waals surface area contributed by atoms with Gasteiger partial charge in [-0.25, -0.2) is 0 Å². The Balaban J connectivity index is 1.99. The predicted molar refractivity (Wildman–Crippen MR) is 108 cm³/mol. The highest BCUT2D eigenvalue weighted by Crippen LogP contribution is 2.39. The number of rotatable bonds is 8. The van der Waals surface area contributed by atoms with Crippen molar-refractivity contribution in [2.45, 2.75) is 12.5 Å². The van der Waals surface area contributed by atoms with Gasteiger partial charge in [0.05, 0.1) is 44.2 Å². The van der Waals surface area contributed by atoms with E-state index in [0.717, 1.165) is 18.5 Å². The maximum Gasteiger partial charge on any atom is 0.290 e. The number of nitrogens with zero attached hydrogens (tertiary/aromatic N) is 1. The minimum Gasteiger partial charge on any atom is -0.503 e. The smallest absolute Gasteiger partial charge is 0.290 e. The van der Waals surface area contributed by atoms with Crippen molar-refractivity contribution >= 4 is 23.0 Å². The number of benzene rings is 1. The summed E-state index contributed by atoms with van der Waals surface area (Å²) in [5.74, 6) is -0.552. The second-order valence-corrected chi connectivity index (χ2v) is 8.00. The van der Waals surface area contributed by atoms with Crippen LogP contribution in [0.5, 0.6) is 5.75 Å². The molecule has 1 aliphatic rings. The van der Waals surface area contributed by atoms with Gasteiger partial charge in [0.2, 0.25) is 5.78 Å². The largest absolute Gasteiger partial charge is 0.503 e. The lowest BCUT2D eigenvalue weighted by Gasteiger charge is -2.27. The maximum atomic E-state index is 13.1. The Labute approximate surface area is 168 Å². The van der Waals surface area contributed by atoms with Gasteiger partial charge in [0, 0.05) is 13.0 Å². The molecule has 1 unspecified atom stereocenters. The zero-order chi connectivity index (χ0) is 20.3. The van der Waals surface area contributed by atoms with E-state index in [0.29, 0.717) is 17.2 Å². The summed E-state index contributed by atoms with van der Waals surface area (Å²) in [6.45, 7) is 1.35. The number of carbonyl (C=O) groups is 2. The van der Waals surface area contributed by atoms with E-state index in [2.05, 4.69) is 0 Å². The van der Waals surface area contributed by atoms with Gasteiger partial charge in [0.25, 0.3) is 5.91 Å². The molecule has 0 saturated heterocycles. The van der Waals surface area contributed by atoms with Crippen LogP contribution >= 0.6 is 11.3 Å². The third kappa shape index (κ3) is 3.95. The number of Topliss-reactive ketones (excluding diaryl/α,β-unsaturated/α-hetero) is 1. The Kier molecular flexibility index (Phi) is 6.16. The molecule has 1 aliphatic heterocycles. The fraction of sp³-hybridized carbons (Fsp3) is 0.333. The lowest BCUT2D eigenvalue weighted by atomic mass is 9.95. The summed E-state index contributed by atoms with van der Waals surface area (Å²) < 4.78 is 5.22. The van der Waals surface area contributed by atoms with E-state index in [1.807, 2.05) is 31.6 Å². The number of carbonyl (C=O) groups excluding carboxylic acids is 2. The van der Waals surface area contributed by atoms with E-state index in [9.17, 15) is 14.7 Å². The molecule has 3 rings (SSSR count). The first-order chi connectivity index (χ1) is 13.4. The molecule has 0 fully saturated rings. The van der Waals surface area contributed by atoms with Gasteiger partial charge in [-0.2, -0.15) is 0 Å². The maximum absolute atomic E-state index is 13.1. The number of ether oxygens (including phenoxy) is 1. The molecule has 2 N–H and O–H groups in total. The van der Waals surface area contributed by atoms with Crippen LogP contribution in [0, 0.1) is 0 Å². The molecule has 1 aromatic carbocycles. The molecule has 2 aromatic rings. The van der Waals surface area contributed by atoms with E-state index in [1.165, 1.54) is 16.2 Å². The van der Waals surface area contributed by atoms with Crippen LogP contribution in [0.1, 0.15) is 27.7 Å². The van der Waals surface area contributed by atoms with Crippen molar-refractivity contribution < 1.29 is 24.3 Å². The second kappa shape index (κ2) is 8.58. The molecule has 0 spiro atoms. The number of hydrogen-bond acceptors (Lipinski definition) is 5. The Morgan fingerprint density at radius 1 is 1.25 bits per heavy atom. The molecule has 148 valence electrons. The van der Waals surface area contributed by atoms with Crippen molar-refractivity contribution in [2.75, 3.05) is 34.3 Å². The number of nitrogens with one attached hydrogen (secondary N) is 1. The number of amides is 1. The van der Waals surface area contributed by atoms with Crippen molar-refractivity contribution in [1.82, 2.24) is 4.90 Å². The number of hydrogen-bond donors (Lipinski definition) is 2. The highest BCUT2D eigenvalue weighted by molar-refractivity contribution is 7.12. The number of thiophene rings is 1. The Hall–Kier alpha value is -2.64. The number of aliphatic hydroxyl groups excluding tert-OH is 1. The molecule has 0 saturated carbocycles. The zero-order valence-corrected chi connectivity index (χ0v) is 17.1. The third-order valence-corrected chi connectivity index (χ3v) is 5.67. The molecule has 1 amide bonds. The molecule has 0 bridgehead atoms. The van der Waals surface area contributed by atoms with E-state index in [4.69, 9.17) is 4.74 Å². The van der Waals surface area contributed by atoms with Gasteiger partial charge in [0.1, 0.15) is 5.75 Å². The summed E-state index contributed by atoms with van der Waals surface area (Å²) in [5, 5.41) is 12.4. The molecular formula is C21H25N2O4S+. The molecule has 7 heteroatoms. The van der Waals surface area contributed by atoms with Gasteiger partial charge in [0.15, 0.2) is 5.76 Å². The van der Waals surface area contributed by atoms with Crippen LogP contribution in [-0.4, -0.2) is 56.0 Å². The number of aliphatic hydroxyl groups is 1. The molecule has 2 heterocycles. The van der Waals surface area contributed by atoms with Crippen LogP contribution in [0.3, 0.4) is 0 Å². The molecule has 1 aromatic heterocycles. The topological polar surface area (TPSA) is 71.3 Å².